The van der Waals surface area contributed by atoms with Gasteiger partial charge in [0.25, 0.3) is 0 Å². The monoisotopic (exact) mass is 268 g/mol. The normalized spacial score (nSPS) is 12.6. The minimum Gasteiger partial charge on any atom is -0.464 e. The Hall–Kier alpha value is -0.150. The molecule has 1 rings (SSSR count). The molecule has 0 spiro atoms. The van der Waals surface area contributed by atoms with Gasteiger partial charge in [-0.1, -0.05) is 34.8 Å². The van der Waals surface area contributed by atoms with E-state index < -0.39 is 0 Å². The lowest BCUT2D eigenvalue weighted by atomic mass is 10.3. The number of hydrogen-bond donors (Lipinski definition) is 0. The molecular formula is C10H11Cl3O2. The summed E-state index contributed by atoms with van der Waals surface area (Å²) < 4.78 is 10.6. The van der Waals surface area contributed by atoms with E-state index >= 15 is 0 Å². The molecule has 0 saturated heterocycles. The second-order valence-corrected chi connectivity index (χ2v) is 4.06. The van der Waals surface area contributed by atoms with Crippen LogP contribution in [0.2, 0.25) is 15.1 Å². The molecule has 2 nitrogen and oxygen atoms in total. The third-order valence-corrected chi connectivity index (χ3v) is 2.69. The Kier molecular flexibility index (Phi) is 5.00. The zero-order chi connectivity index (χ0) is 11.4. The van der Waals surface area contributed by atoms with Gasteiger partial charge in [-0.05, 0) is 19.9 Å². The van der Waals surface area contributed by atoms with Crippen molar-refractivity contribution in [1.29, 1.82) is 0 Å². The van der Waals surface area contributed by atoms with Gasteiger partial charge in [-0.2, -0.15) is 0 Å². The van der Waals surface area contributed by atoms with Crippen LogP contribution in [0.4, 0.5) is 0 Å². The van der Waals surface area contributed by atoms with Crippen LogP contribution in [-0.4, -0.2) is 12.9 Å². The van der Waals surface area contributed by atoms with Crippen molar-refractivity contribution >= 4 is 34.8 Å². The third kappa shape index (κ3) is 3.72. The van der Waals surface area contributed by atoms with Gasteiger partial charge in [-0.25, -0.2) is 0 Å². The number of ether oxygens (including phenoxy) is 2. The minimum atomic E-state index is -0.371. The molecule has 0 aliphatic carbocycles. The van der Waals surface area contributed by atoms with Crippen LogP contribution in [-0.2, 0) is 4.74 Å². The van der Waals surface area contributed by atoms with E-state index in [1.54, 1.807) is 19.1 Å². The maximum absolute atomic E-state index is 5.92. The van der Waals surface area contributed by atoms with E-state index in [4.69, 9.17) is 44.3 Å². The van der Waals surface area contributed by atoms with Gasteiger partial charge < -0.3 is 9.47 Å². The van der Waals surface area contributed by atoms with Crippen molar-refractivity contribution in [1.82, 2.24) is 0 Å². The first-order valence-corrected chi connectivity index (χ1v) is 5.60. The molecule has 15 heavy (non-hydrogen) atoms. The number of halogens is 3. The Bertz CT molecular complexity index is 342. The molecule has 84 valence electrons. The molecule has 0 saturated carbocycles. The fourth-order valence-electron chi connectivity index (χ4n) is 1.04. The highest BCUT2D eigenvalue weighted by atomic mass is 35.5. The molecule has 5 heteroatoms. The molecule has 0 amide bonds. The van der Waals surface area contributed by atoms with Crippen molar-refractivity contribution in [2.24, 2.45) is 0 Å². The Morgan fingerprint density at radius 3 is 2.33 bits per heavy atom. The molecule has 0 bridgehead atoms. The lowest BCUT2D eigenvalue weighted by Gasteiger charge is -2.15. The zero-order valence-electron chi connectivity index (χ0n) is 8.39. The summed E-state index contributed by atoms with van der Waals surface area (Å²) in [5.41, 5.74) is 0. The van der Waals surface area contributed by atoms with Gasteiger partial charge in [0, 0.05) is 12.7 Å². The zero-order valence-corrected chi connectivity index (χ0v) is 10.7. The lowest BCUT2D eigenvalue weighted by molar-refractivity contribution is -0.0612. The van der Waals surface area contributed by atoms with Crippen LogP contribution in [0.1, 0.15) is 13.8 Å². The average molecular weight is 270 g/mol. The van der Waals surface area contributed by atoms with Gasteiger partial charge in [0.1, 0.15) is 5.75 Å². The van der Waals surface area contributed by atoms with Crippen LogP contribution in [0.3, 0.4) is 0 Å². The number of benzene rings is 1. The van der Waals surface area contributed by atoms with E-state index in [-0.39, 0.29) is 6.29 Å². The fourth-order valence-corrected chi connectivity index (χ4v) is 1.62. The first-order chi connectivity index (χ1) is 7.04. The smallest absolute Gasteiger partial charge is 0.197 e. The molecule has 0 aliphatic heterocycles. The second kappa shape index (κ2) is 5.80. The number of rotatable bonds is 4. The summed E-state index contributed by atoms with van der Waals surface area (Å²) in [4.78, 5) is 0. The van der Waals surface area contributed by atoms with Crippen molar-refractivity contribution in [3.63, 3.8) is 0 Å². The fraction of sp³-hybridized carbons (Fsp3) is 0.400. The first kappa shape index (κ1) is 12.9. The molecule has 1 aromatic carbocycles. The molecule has 0 fully saturated rings. The van der Waals surface area contributed by atoms with Crippen molar-refractivity contribution in [2.45, 2.75) is 20.1 Å². The Balaban J connectivity index is 2.81. The lowest BCUT2D eigenvalue weighted by Crippen LogP contribution is -2.16. The topological polar surface area (TPSA) is 18.5 Å². The minimum absolute atomic E-state index is 0.371. The molecule has 0 aromatic heterocycles. The molecule has 1 atom stereocenters. The van der Waals surface area contributed by atoms with Crippen LogP contribution in [0, 0.1) is 0 Å². The quantitative estimate of drug-likeness (QED) is 0.595. The Morgan fingerprint density at radius 2 is 1.73 bits per heavy atom. The van der Waals surface area contributed by atoms with Gasteiger partial charge in [-0.15, -0.1) is 0 Å². The molecule has 0 N–H and O–H groups in total. The summed E-state index contributed by atoms with van der Waals surface area (Å²) in [6, 6.07) is 3.11. The summed E-state index contributed by atoms with van der Waals surface area (Å²) in [5.74, 6) is 0.465. The van der Waals surface area contributed by atoms with Crippen molar-refractivity contribution in [2.75, 3.05) is 6.61 Å². The summed E-state index contributed by atoms with van der Waals surface area (Å²) in [6.07, 6.45) is -0.371. The third-order valence-electron chi connectivity index (χ3n) is 1.67. The highest BCUT2D eigenvalue weighted by molar-refractivity contribution is 6.43. The summed E-state index contributed by atoms with van der Waals surface area (Å²) in [6.45, 7) is 4.23. The Labute approximate surface area is 104 Å². The van der Waals surface area contributed by atoms with Crippen LogP contribution >= 0.6 is 34.8 Å². The van der Waals surface area contributed by atoms with E-state index in [0.717, 1.165) is 0 Å². The second-order valence-electron chi connectivity index (χ2n) is 2.84. The maximum atomic E-state index is 5.92. The SMILES string of the molecule is CCOC(C)Oc1cc(Cl)c(Cl)cc1Cl. The van der Waals surface area contributed by atoms with Gasteiger partial charge in [-0.3, -0.25) is 0 Å². The first-order valence-electron chi connectivity index (χ1n) is 4.47. The Morgan fingerprint density at radius 1 is 1.13 bits per heavy atom. The van der Waals surface area contributed by atoms with E-state index in [9.17, 15) is 0 Å². The van der Waals surface area contributed by atoms with Crippen LogP contribution in [0.25, 0.3) is 0 Å². The maximum Gasteiger partial charge on any atom is 0.197 e. The van der Waals surface area contributed by atoms with Crippen molar-refractivity contribution in [3.05, 3.63) is 27.2 Å². The highest BCUT2D eigenvalue weighted by Gasteiger charge is 2.10. The molecular weight excluding hydrogens is 258 g/mol. The van der Waals surface area contributed by atoms with Gasteiger partial charge in [0.05, 0.1) is 15.1 Å². The molecule has 0 heterocycles. The predicted octanol–water partition coefficient (Wildman–Crippen LogP) is 4.41. The molecule has 1 unspecified atom stereocenters. The molecule has 1 aromatic rings. The van der Waals surface area contributed by atoms with Gasteiger partial charge >= 0.3 is 0 Å². The van der Waals surface area contributed by atoms with E-state index in [1.165, 1.54) is 0 Å². The standard InChI is InChI=1S/C10H11Cl3O2/c1-3-14-6(2)15-10-5-8(12)7(11)4-9(10)13/h4-6H,3H2,1-2H3. The molecule has 0 radical (unpaired) electrons. The van der Waals surface area contributed by atoms with Crippen LogP contribution in [0.5, 0.6) is 5.75 Å². The predicted molar refractivity (Wildman–Crippen MR) is 63.2 cm³/mol. The summed E-state index contributed by atoms with van der Waals surface area (Å²) >= 11 is 17.5. The van der Waals surface area contributed by atoms with E-state index in [0.29, 0.717) is 27.4 Å². The largest absolute Gasteiger partial charge is 0.464 e. The van der Waals surface area contributed by atoms with Crippen molar-refractivity contribution in [3.8, 4) is 5.75 Å². The van der Waals surface area contributed by atoms with Crippen molar-refractivity contribution < 1.29 is 9.47 Å². The summed E-state index contributed by atoms with van der Waals surface area (Å²) in [5, 5.41) is 1.22. The van der Waals surface area contributed by atoms with Gasteiger partial charge in [0.2, 0.25) is 0 Å². The van der Waals surface area contributed by atoms with Crippen LogP contribution < -0.4 is 4.74 Å². The average Bonchev–Trinajstić information content (AvgIpc) is 2.14. The van der Waals surface area contributed by atoms with Gasteiger partial charge in [0.15, 0.2) is 6.29 Å². The highest BCUT2D eigenvalue weighted by Crippen LogP contribution is 2.34. The number of hydrogen-bond acceptors (Lipinski definition) is 2. The van der Waals surface area contributed by atoms with Crippen LogP contribution in [0.15, 0.2) is 12.1 Å². The molecule has 0 aliphatic rings. The summed E-state index contributed by atoms with van der Waals surface area (Å²) in [7, 11) is 0. The van der Waals surface area contributed by atoms with E-state index in [2.05, 4.69) is 0 Å². The van der Waals surface area contributed by atoms with E-state index in [1.807, 2.05) is 6.92 Å².